The Morgan fingerprint density at radius 1 is 1.10 bits per heavy atom. The second kappa shape index (κ2) is 7.09. The van der Waals surface area contributed by atoms with Gasteiger partial charge in [0.25, 0.3) is 0 Å². The number of hydrogen-bond donors (Lipinski definition) is 0. The number of nitrogens with zero attached hydrogens (tertiary/aromatic N) is 1. The van der Waals surface area contributed by atoms with Gasteiger partial charge < -0.3 is 4.90 Å². The zero-order chi connectivity index (χ0) is 14.4. The highest BCUT2D eigenvalue weighted by molar-refractivity contribution is 5.88. The number of hydrogen-bond acceptors (Lipinski definition) is 1. The summed E-state index contributed by atoms with van der Waals surface area (Å²) >= 11 is 0. The van der Waals surface area contributed by atoms with Crippen LogP contribution in [0.5, 0.6) is 0 Å². The minimum Gasteiger partial charge on any atom is -0.339 e. The molecule has 1 aromatic carbocycles. The van der Waals surface area contributed by atoms with Gasteiger partial charge in [0.2, 0.25) is 5.91 Å². The van der Waals surface area contributed by atoms with Gasteiger partial charge in [0.1, 0.15) is 0 Å². The van der Waals surface area contributed by atoms with Gasteiger partial charge in [0, 0.05) is 19.2 Å². The predicted molar refractivity (Wildman–Crippen MR) is 84.5 cm³/mol. The van der Waals surface area contributed by atoms with Crippen molar-refractivity contribution >= 4 is 12.0 Å². The van der Waals surface area contributed by atoms with Crippen LogP contribution < -0.4 is 0 Å². The number of carbonyl (C=O) groups is 1. The van der Waals surface area contributed by atoms with Crippen LogP contribution >= 0.6 is 0 Å². The average Bonchev–Trinajstić information content (AvgIpc) is 2.47. The molecule has 1 amide bonds. The number of rotatable bonds is 3. The topological polar surface area (TPSA) is 20.3 Å². The molecule has 0 radical (unpaired) electrons. The van der Waals surface area contributed by atoms with Crippen LogP contribution in [-0.4, -0.2) is 23.9 Å². The van der Waals surface area contributed by atoms with Crippen molar-refractivity contribution in [3.8, 4) is 0 Å². The largest absolute Gasteiger partial charge is 0.339 e. The van der Waals surface area contributed by atoms with E-state index < -0.39 is 0 Å². The number of benzene rings is 1. The number of aryl methyl sites for hydroxylation is 2. The highest BCUT2D eigenvalue weighted by Gasteiger charge is 2.13. The SMILES string of the molecule is Cc1ccc(C)c(C=CC=CC(=O)N2CCCCC2)c1. The van der Waals surface area contributed by atoms with Crippen LogP contribution in [0.1, 0.15) is 36.0 Å². The third-order valence-corrected chi connectivity index (χ3v) is 3.73. The molecular weight excluding hydrogens is 246 g/mol. The Balaban J connectivity index is 1.93. The Bertz CT molecular complexity index is 522. The molecule has 0 aliphatic carbocycles. The fourth-order valence-electron chi connectivity index (χ4n) is 2.46. The molecule has 2 rings (SSSR count). The maximum Gasteiger partial charge on any atom is 0.246 e. The van der Waals surface area contributed by atoms with Gasteiger partial charge in [0.15, 0.2) is 0 Å². The zero-order valence-electron chi connectivity index (χ0n) is 12.4. The molecule has 0 N–H and O–H groups in total. The van der Waals surface area contributed by atoms with Crippen LogP contribution in [0.4, 0.5) is 0 Å². The molecule has 0 spiro atoms. The van der Waals surface area contributed by atoms with Crippen LogP contribution in [0, 0.1) is 13.8 Å². The van der Waals surface area contributed by atoms with E-state index >= 15 is 0 Å². The summed E-state index contributed by atoms with van der Waals surface area (Å²) in [7, 11) is 0. The first kappa shape index (κ1) is 14.6. The highest BCUT2D eigenvalue weighted by atomic mass is 16.2. The molecule has 0 unspecified atom stereocenters. The minimum absolute atomic E-state index is 0.135. The van der Waals surface area contributed by atoms with Gasteiger partial charge in [-0.2, -0.15) is 0 Å². The fourth-order valence-corrected chi connectivity index (χ4v) is 2.46. The first-order valence-corrected chi connectivity index (χ1v) is 7.38. The normalized spacial score (nSPS) is 16.2. The second-order valence-electron chi connectivity index (χ2n) is 5.46. The number of carbonyl (C=O) groups excluding carboxylic acids is 1. The molecule has 0 bridgehead atoms. The smallest absolute Gasteiger partial charge is 0.246 e. The van der Waals surface area contributed by atoms with Gasteiger partial charge in [-0.15, -0.1) is 0 Å². The molecule has 2 nitrogen and oxygen atoms in total. The summed E-state index contributed by atoms with van der Waals surface area (Å²) in [6.07, 6.45) is 11.0. The molecule has 20 heavy (non-hydrogen) atoms. The lowest BCUT2D eigenvalue weighted by Gasteiger charge is -2.25. The van der Waals surface area contributed by atoms with E-state index in [1.54, 1.807) is 6.08 Å². The van der Waals surface area contributed by atoms with Crippen molar-refractivity contribution < 1.29 is 4.79 Å². The lowest BCUT2D eigenvalue weighted by molar-refractivity contribution is -0.126. The van der Waals surface area contributed by atoms with Gasteiger partial charge in [-0.25, -0.2) is 0 Å². The van der Waals surface area contributed by atoms with Crippen molar-refractivity contribution in [2.45, 2.75) is 33.1 Å². The molecule has 1 aliphatic heterocycles. The molecule has 106 valence electrons. The van der Waals surface area contributed by atoms with Crippen molar-refractivity contribution in [1.82, 2.24) is 4.90 Å². The van der Waals surface area contributed by atoms with Crippen LogP contribution in [0.2, 0.25) is 0 Å². The van der Waals surface area contributed by atoms with Crippen LogP contribution in [0.15, 0.2) is 36.4 Å². The Morgan fingerprint density at radius 3 is 2.60 bits per heavy atom. The van der Waals surface area contributed by atoms with Crippen LogP contribution in [0.3, 0.4) is 0 Å². The summed E-state index contributed by atoms with van der Waals surface area (Å²) in [4.78, 5) is 13.9. The molecule has 0 aromatic heterocycles. The molecule has 1 aliphatic rings. The molecule has 1 aromatic rings. The van der Waals surface area contributed by atoms with Gasteiger partial charge in [0.05, 0.1) is 0 Å². The molecule has 2 heteroatoms. The molecule has 1 heterocycles. The lowest BCUT2D eigenvalue weighted by Crippen LogP contribution is -2.34. The van der Waals surface area contributed by atoms with Crippen molar-refractivity contribution in [2.24, 2.45) is 0 Å². The van der Waals surface area contributed by atoms with E-state index in [4.69, 9.17) is 0 Å². The van der Waals surface area contributed by atoms with Gasteiger partial charge in [-0.05, 0) is 44.2 Å². The minimum atomic E-state index is 0.135. The molecule has 0 saturated carbocycles. The number of piperidine rings is 1. The Labute approximate surface area is 121 Å². The van der Waals surface area contributed by atoms with E-state index in [0.717, 1.165) is 25.9 Å². The number of allylic oxidation sites excluding steroid dienone is 2. The van der Waals surface area contributed by atoms with Crippen LogP contribution in [0.25, 0.3) is 6.08 Å². The molecular formula is C18H23NO. The van der Waals surface area contributed by atoms with Gasteiger partial charge in [-0.3, -0.25) is 4.79 Å². The Kier molecular flexibility index (Phi) is 5.16. The van der Waals surface area contributed by atoms with Crippen molar-refractivity contribution in [1.29, 1.82) is 0 Å². The van der Waals surface area contributed by atoms with Crippen molar-refractivity contribution in [3.05, 3.63) is 53.1 Å². The van der Waals surface area contributed by atoms with E-state index in [9.17, 15) is 4.79 Å². The van der Waals surface area contributed by atoms with Gasteiger partial charge >= 0.3 is 0 Å². The Hall–Kier alpha value is -1.83. The third-order valence-electron chi connectivity index (χ3n) is 3.73. The molecule has 0 atom stereocenters. The molecule has 1 saturated heterocycles. The quantitative estimate of drug-likeness (QED) is 0.602. The maximum absolute atomic E-state index is 11.9. The van der Waals surface area contributed by atoms with E-state index in [2.05, 4.69) is 38.1 Å². The third kappa shape index (κ3) is 4.09. The zero-order valence-corrected chi connectivity index (χ0v) is 12.4. The summed E-state index contributed by atoms with van der Waals surface area (Å²) in [5.41, 5.74) is 3.71. The average molecular weight is 269 g/mol. The van der Waals surface area contributed by atoms with Crippen molar-refractivity contribution in [2.75, 3.05) is 13.1 Å². The first-order valence-electron chi connectivity index (χ1n) is 7.38. The summed E-state index contributed by atoms with van der Waals surface area (Å²) in [5.74, 6) is 0.135. The lowest BCUT2D eigenvalue weighted by atomic mass is 10.1. The predicted octanol–water partition coefficient (Wildman–Crippen LogP) is 3.89. The number of likely N-dealkylation sites (tertiary alicyclic amines) is 1. The van der Waals surface area contributed by atoms with E-state index in [0.29, 0.717) is 0 Å². The van der Waals surface area contributed by atoms with Crippen molar-refractivity contribution in [3.63, 3.8) is 0 Å². The number of amides is 1. The second-order valence-corrected chi connectivity index (χ2v) is 5.46. The highest BCUT2D eigenvalue weighted by Crippen LogP contribution is 2.12. The monoisotopic (exact) mass is 269 g/mol. The summed E-state index contributed by atoms with van der Waals surface area (Å²) in [5, 5.41) is 0. The summed E-state index contributed by atoms with van der Waals surface area (Å²) < 4.78 is 0. The van der Waals surface area contributed by atoms with E-state index in [-0.39, 0.29) is 5.91 Å². The Morgan fingerprint density at radius 2 is 1.85 bits per heavy atom. The summed E-state index contributed by atoms with van der Waals surface area (Å²) in [6.45, 7) is 6.00. The standard InChI is InChI=1S/C18H23NO/c1-15-10-11-16(2)17(14-15)8-4-5-9-18(20)19-12-6-3-7-13-19/h4-5,8-11,14H,3,6-7,12-13H2,1-2H3. The first-order chi connectivity index (χ1) is 9.66. The van der Waals surface area contributed by atoms with Gasteiger partial charge in [-0.1, -0.05) is 42.0 Å². The van der Waals surface area contributed by atoms with E-state index in [1.165, 1.54) is 23.1 Å². The van der Waals surface area contributed by atoms with E-state index in [1.807, 2.05) is 17.1 Å². The summed E-state index contributed by atoms with van der Waals surface area (Å²) in [6, 6.07) is 6.39. The maximum atomic E-state index is 11.9. The molecule has 1 fully saturated rings. The fraction of sp³-hybridized carbons (Fsp3) is 0.389. The van der Waals surface area contributed by atoms with Crippen LogP contribution in [-0.2, 0) is 4.79 Å².